The van der Waals surface area contributed by atoms with Crippen LogP contribution < -0.4 is 0 Å². The fraction of sp³-hybridized carbons (Fsp3) is 0.824. The molecule has 7 heteroatoms. The van der Waals surface area contributed by atoms with E-state index in [1.165, 1.54) is 6.42 Å². The molecule has 0 heterocycles. The molecule has 4 nitrogen and oxygen atoms in total. The van der Waals surface area contributed by atoms with Crippen LogP contribution in [0.25, 0.3) is 0 Å². The van der Waals surface area contributed by atoms with Gasteiger partial charge in [0.1, 0.15) is 0 Å². The maximum absolute atomic E-state index is 13.1. The number of hydrogen-bond acceptors (Lipinski definition) is 4. The third-order valence-electron chi connectivity index (χ3n) is 4.48. The van der Waals surface area contributed by atoms with Crippen molar-refractivity contribution in [2.45, 2.75) is 74.5 Å². The van der Waals surface area contributed by atoms with E-state index in [0.717, 1.165) is 25.7 Å². The van der Waals surface area contributed by atoms with Crippen molar-refractivity contribution in [1.82, 2.24) is 4.90 Å². The smallest absolute Gasteiger partial charge is 0.178 e. The van der Waals surface area contributed by atoms with Crippen LogP contribution in [-0.2, 0) is 20.6 Å². The molecule has 0 unspecified atom stereocenters. The van der Waals surface area contributed by atoms with Gasteiger partial charge in [-0.1, -0.05) is 38.1 Å². The van der Waals surface area contributed by atoms with Crippen LogP contribution in [-0.4, -0.2) is 51.9 Å². The molecule has 0 N–H and O–H groups in total. The second-order valence-corrected chi connectivity index (χ2v) is 12.8. The summed E-state index contributed by atoms with van der Waals surface area (Å²) in [6.07, 6.45) is 5.34. The topological polar surface area (TPSA) is 54.5 Å². The zero-order valence-corrected chi connectivity index (χ0v) is 18.0. The number of sulfone groups is 1. The summed E-state index contributed by atoms with van der Waals surface area (Å²) in [5.74, 6) is 0. The molecule has 0 bridgehead atoms. The van der Waals surface area contributed by atoms with Gasteiger partial charge in [-0.05, 0) is 33.6 Å². The van der Waals surface area contributed by atoms with E-state index >= 15 is 0 Å². The lowest BCUT2D eigenvalue weighted by molar-refractivity contribution is 0.502. The highest BCUT2D eigenvalue weighted by Gasteiger charge is 2.37. The van der Waals surface area contributed by atoms with Crippen LogP contribution in [0, 0.1) is 0 Å². The summed E-state index contributed by atoms with van der Waals surface area (Å²) in [5.41, 5.74) is 0. The molecule has 0 amide bonds. The summed E-state index contributed by atoms with van der Waals surface area (Å²) < 4.78 is 37.4. The zero-order chi connectivity index (χ0) is 18.7. The Labute approximate surface area is 155 Å². The normalized spacial score (nSPS) is 19.5. The molecule has 1 saturated carbocycles. The van der Waals surface area contributed by atoms with Crippen LogP contribution >= 0.6 is 12.2 Å². The second kappa shape index (κ2) is 8.41. The average molecular weight is 394 g/mol. The van der Waals surface area contributed by atoms with E-state index < -0.39 is 30.6 Å². The predicted molar refractivity (Wildman–Crippen MR) is 108 cm³/mol. The Hall–Kier alpha value is -0.270. The minimum Gasteiger partial charge on any atom is -0.371 e. The first kappa shape index (κ1) is 21.8. The Morgan fingerprint density at radius 3 is 2.17 bits per heavy atom. The van der Waals surface area contributed by atoms with Gasteiger partial charge in [-0.15, -0.1) is 0 Å². The minimum absolute atomic E-state index is 0.104. The monoisotopic (exact) mass is 393 g/mol. The van der Waals surface area contributed by atoms with Gasteiger partial charge in [-0.3, -0.25) is 4.21 Å². The van der Waals surface area contributed by atoms with Gasteiger partial charge in [-0.25, -0.2) is 8.42 Å². The Bertz CT molecular complexity index is 597. The summed E-state index contributed by atoms with van der Waals surface area (Å²) in [6, 6.07) is 0. The Balaban J connectivity index is 3.05. The lowest BCUT2D eigenvalue weighted by Gasteiger charge is -2.30. The van der Waals surface area contributed by atoms with Gasteiger partial charge in [-0.2, -0.15) is 0 Å². The molecule has 1 fully saturated rings. The first-order chi connectivity index (χ1) is 10.9. The lowest BCUT2D eigenvalue weighted by atomic mass is 10.0. The zero-order valence-electron chi connectivity index (χ0n) is 15.5. The molecule has 0 spiro atoms. The third kappa shape index (κ3) is 5.11. The molecule has 1 aliphatic rings. The van der Waals surface area contributed by atoms with Crippen LogP contribution in [0.2, 0.25) is 0 Å². The Morgan fingerprint density at radius 2 is 1.75 bits per heavy atom. The largest absolute Gasteiger partial charge is 0.371 e. The van der Waals surface area contributed by atoms with E-state index in [1.807, 2.05) is 14.1 Å². The SMILES string of the molecule is C=C(C[C@@H](C(=S)N(C)C)[S@@](=O)C1CCCCC1)S(=O)(=O)C(C)(C)C. The van der Waals surface area contributed by atoms with E-state index in [9.17, 15) is 12.6 Å². The van der Waals surface area contributed by atoms with E-state index in [-0.39, 0.29) is 16.6 Å². The first-order valence-corrected chi connectivity index (χ1v) is 11.6. The highest BCUT2D eigenvalue weighted by Crippen LogP contribution is 2.30. The van der Waals surface area contributed by atoms with Crippen molar-refractivity contribution in [2.24, 2.45) is 0 Å². The predicted octanol–water partition coefficient (Wildman–Crippen LogP) is 3.44. The molecule has 0 aromatic rings. The second-order valence-electron chi connectivity index (χ2n) is 7.67. The average Bonchev–Trinajstić information content (AvgIpc) is 2.50. The molecule has 1 aliphatic carbocycles. The molecule has 24 heavy (non-hydrogen) atoms. The van der Waals surface area contributed by atoms with E-state index in [0.29, 0.717) is 4.99 Å². The van der Waals surface area contributed by atoms with Crippen LogP contribution in [0.3, 0.4) is 0 Å². The van der Waals surface area contributed by atoms with Crippen molar-refractivity contribution < 1.29 is 12.6 Å². The van der Waals surface area contributed by atoms with E-state index in [1.54, 1.807) is 25.7 Å². The Morgan fingerprint density at radius 1 is 1.25 bits per heavy atom. The number of thiocarbonyl (C=S) groups is 1. The minimum atomic E-state index is -3.50. The van der Waals surface area contributed by atoms with E-state index in [2.05, 4.69) is 6.58 Å². The number of nitrogens with zero attached hydrogens (tertiary/aromatic N) is 1. The van der Waals surface area contributed by atoms with Gasteiger partial charge in [0, 0.05) is 41.5 Å². The molecule has 140 valence electrons. The van der Waals surface area contributed by atoms with Crippen molar-refractivity contribution in [1.29, 1.82) is 0 Å². The van der Waals surface area contributed by atoms with Crippen molar-refractivity contribution in [3.63, 3.8) is 0 Å². The highest BCUT2D eigenvalue weighted by molar-refractivity contribution is 7.96. The van der Waals surface area contributed by atoms with Gasteiger partial charge in [0.15, 0.2) is 9.84 Å². The summed E-state index contributed by atoms with van der Waals surface area (Å²) in [7, 11) is -1.06. The van der Waals surface area contributed by atoms with Crippen LogP contribution in [0.1, 0.15) is 59.3 Å². The van der Waals surface area contributed by atoms with Crippen molar-refractivity contribution in [3.05, 3.63) is 11.5 Å². The summed E-state index contributed by atoms with van der Waals surface area (Å²) in [6.45, 7) is 8.77. The number of allylic oxidation sites excluding steroid dienone is 1. The highest BCUT2D eigenvalue weighted by atomic mass is 32.2. The van der Waals surface area contributed by atoms with Crippen LogP contribution in [0.5, 0.6) is 0 Å². The molecule has 0 radical (unpaired) electrons. The third-order valence-corrected chi connectivity index (χ3v) is 9.89. The Kier molecular flexibility index (Phi) is 7.63. The summed E-state index contributed by atoms with van der Waals surface area (Å²) >= 11 is 5.48. The lowest BCUT2D eigenvalue weighted by Crippen LogP contribution is -2.41. The van der Waals surface area contributed by atoms with Gasteiger partial charge < -0.3 is 4.90 Å². The molecule has 2 atom stereocenters. The fourth-order valence-corrected chi connectivity index (χ4v) is 6.60. The molecular weight excluding hydrogens is 362 g/mol. The molecule has 0 aromatic heterocycles. The molecule has 0 aromatic carbocycles. The van der Waals surface area contributed by atoms with Gasteiger partial charge >= 0.3 is 0 Å². The quantitative estimate of drug-likeness (QED) is 0.647. The van der Waals surface area contributed by atoms with Crippen molar-refractivity contribution in [2.75, 3.05) is 14.1 Å². The van der Waals surface area contributed by atoms with Crippen molar-refractivity contribution in [3.8, 4) is 0 Å². The van der Waals surface area contributed by atoms with Gasteiger partial charge in [0.25, 0.3) is 0 Å². The van der Waals surface area contributed by atoms with Gasteiger partial charge in [0.2, 0.25) is 0 Å². The number of rotatable bonds is 6. The van der Waals surface area contributed by atoms with Crippen LogP contribution in [0.15, 0.2) is 11.5 Å². The van der Waals surface area contributed by atoms with Crippen molar-refractivity contribution >= 4 is 37.8 Å². The molecule has 0 aliphatic heterocycles. The molecular formula is C17H31NO3S3. The maximum atomic E-state index is 13.1. The van der Waals surface area contributed by atoms with Crippen LogP contribution in [0.4, 0.5) is 0 Å². The summed E-state index contributed by atoms with van der Waals surface area (Å²) in [5, 5.41) is -0.366. The molecule has 0 saturated heterocycles. The number of hydrogen-bond donors (Lipinski definition) is 0. The maximum Gasteiger partial charge on any atom is 0.178 e. The molecule has 1 rings (SSSR count). The fourth-order valence-electron chi connectivity index (χ4n) is 2.84. The van der Waals surface area contributed by atoms with Gasteiger partial charge in [0.05, 0.1) is 15.0 Å². The van der Waals surface area contributed by atoms with E-state index in [4.69, 9.17) is 12.2 Å². The first-order valence-electron chi connectivity index (χ1n) is 8.42. The summed E-state index contributed by atoms with van der Waals surface area (Å²) in [4.78, 5) is 2.44. The standard InChI is InChI=1S/C17H31NO3S3/c1-13(24(20,21)17(2,3)4)12-15(16(22)18(5)6)23(19)14-10-8-7-9-11-14/h14-15H,1,7-12H2,2-6H3/t15-,23-/m0/s1.